The highest BCUT2D eigenvalue weighted by molar-refractivity contribution is 7.10. The van der Waals surface area contributed by atoms with Crippen LogP contribution in [0.3, 0.4) is 0 Å². The van der Waals surface area contributed by atoms with Crippen molar-refractivity contribution >= 4 is 23.2 Å². The van der Waals surface area contributed by atoms with Crippen LogP contribution in [0.5, 0.6) is 0 Å². The fourth-order valence-corrected chi connectivity index (χ4v) is 5.21. The van der Waals surface area contributed by atoms with Crippen LogP contribution >= 0.6 is 11.3 Å². The number of carbonyl (C=O) groups excluding carboxylic acids is 1. The van der Waals surface area contributed by atoms with Crippen LogP contribution in [0.4, 0.5) is 0 Å². The molecule has 0 aliphatic carbocycles. The summed E-state index contributed by atoms with van der Waals surface area (Å²) in [5, 5.41) is 9.14. The van der Waals surface area contributed by atoms with Crippen LogP contribution in [-0.2, 0) is 4.79 Å². The molecular formula is C21H35N5OS. The van der Waals surface area contributed by atoms with Crippen LogP contribution in [0.1, 0.15) is 56.4 Å². The lowest BCUT2D eigenvalue weighted by molar-refractivity contribution is -0.129. The Morgan fingerprint density at radius 3 is 2.68 bits per heavy atom. The van der Waals surface area contributed by atoms with Crippen molar-refractivity contribution in [3.63, 3.8) is 0 Å². The van der Waals surface area contributed by atoms with E-state index in [2.05, 4.69) is 49.9 Å². The Labute approximate surface area is 173 Å². The number of nitrogens with zero attached hydrogens (tertiary/aromatic N) is 3. The number of amides is 1. The number of guanidine groups is 1. The standard InChI is InChI=1S/C21H35N5OS/c1-3-17(26-14-6-9-20(26)27)10-11-23-21(22-2)24-16-18(19-8-7-15-28-19)25-12-4-5-13-25/h7-8,15,17-18H,3-6,9-14,16H2,1-2H3,(H2,22,23,24). The van der Waals surface area contributed by atoms with E-state index in [9.17, 15) is 4.79 Å². The number of carbonyl (C=O) groups is 1. The molecule has 0 aromatic carbocycles. The molecule has 2 aliphatic rings. The van der Waals surface area contributed by atoms with Gasteiger partial charge in [0.25, 0.3) is 0 Å². The van der Waals surface area contributed by atoms with E-state index in [0.717, 1.165) is 44.9 Å². The Morgan fingerprint density at radius 2 is 2.07 bits per heavy atom. The smallest absolute Gasteiger partial charge is 0.222 e. The number of aliphatic imine (C=N–C) groups is 1. The molecule has 2 unspecified atom stereocenters. The summed E-state index contributed by atoms with van der Waals surface area (Å²) in [5.74, 6) is 1.17. The lowest BCUT2D eigenvalue weighted by atomic mass is 10.1. The average Bonchev–Trinajstić information content (AvgIpc) is 3.47. The molecule has 0 bridgehead atoms. The molecule has 2 saturated heterocycles. The molecule has 3 heterocycles. The second-order valence-corrected chi connectivity index (χ2v) is 8.67. The first-order valence-corrected chi connectivity index (χ1v) is 11.6. The van der Waals surface area contributed by atoms with Crippen molar-refractivity contribution in [1.29, 1.82) is 0 Å². The SMILES string of the molecule is CCC(CCNC(=NC)NCC(c1cccs1)N1CCCC1)N1CCCC1=O. The molecule has 3 rings (SSSR count). The van der Waals surface area contributed by atoms with Crippen molar-refractivity contribution in [2.24, 2.45) is 4.99 Å². The Hall–Kier alpha value is -1.60. The maximum Gasteiger partial charge on any atom is 0.222 e. The molecule has 2 atom stereocenters. The second kappa shape index (κ2) is 10.8. The van der Waals surface area contributed by atoms with E-state index in [4.69, 9.17) is 0 Å². The largest absolute Gasteiger partial charge is 0.356 e. The third-order valence-corrected chi connectivity index (χ3v) is 6.91. The normalized spacial score (nSPS) is 20.6. The van der Waals surface area contributed by atoms with Gasteiger partial charge in [0.2, 0.25) is 5.91 Å². The number of thiophene rings is 1. The van der Waals surface area contributed by atoms with E-state index in [1.54, 1.807) is 0 Å². The first kappa shape index (κ1) is 21.1. The Bertz CT molecular complexity index is 627. The molecule has 7 heteroatoms. The first-order valence-electron chi connectivity index (χ1n) is 10.7. The summed E-state index contributed by atoms with van der Waals surface area (Å²) in [6, 6.07) is 5.13. The van der Waals surface area contributed by atoms with Gasteiger partial charge in [-0.3, -0.25) is 14.7 Å². The van der Waals surface area contributed by atoms with Gasteiger partial charge in [0.05, 0.1) is 6.04 Å². The number of likely N-dealkylation sites (tertiary alicyclic amines) is 2. The molecule has 0 spiro atoms. The van der Waals surface area contributed by atoms with Crippen LogP contribution < -0.4 is 10.6 Å². The third kappa shape index (κ3) is 5.47. The zero-order chi connectivity index (χ0) is 19.8. The number of hydrogen-bond acceptors (Lipinski definition) is 4. The lowest BCUT2D eigenvalue weighted by Crippen LogP contribution is -2.44. The maximum atomic E-state index is 12.0. The van der Waals surface area contributed by atoms with E-state index in [1.165, 1.54) is 30.8 Å². The van der Waals surface area contributed by atoms with Gasteiger partial charge in [-0.05, 0) is 56.6 Å². The van der Waals surface area contributed by atoms with Gasteiger partial charge in [-0.1, -0.05) is 13.0 Å². The molecule has 28 heavy (non-hydrogen) atoms. The monoisotopic (exact) mass is 405 g/mol. The van der Waals surface area contributed by atoms with Gasteiger partial charge >= 0.3 is 0 Å². The summed E-state index contributed by atoms with van der Waals surface area (Å²) < 4.78 is 0. The minimum absolute atomic E-state index is 0.318. The Kier molecular flexibility index (Phi) is 8.15. The molecule has 156 valence electrons. The van der Waals surface area contributed by atoms with Gasteiger partial charge in [-0.2, -0.15) is 0 Å². The molecule has 1 aromatic rings. The molecule has 2 N–H and O–H groups in total. The van der Waals surface area contributed by atoms with Crippen molar-refractivity contribution in [3.8, 4) is 0 Å². The molecule has 0 saturated carbocycles. The predicted octanol–water partition coefficient (Wildman–Crippen LogP) is 2.84. The van der Waals surface area contributed by atoms with E-state index in [-0.39, 0.29) is 0 Å². The van der Waals surface area contributed by atoms with Crippen molar-refractivity contribution in [1.82, 2.24) is 20.4 Å². The summed E-state index contributed by atoms with van der Waals surface area (Å²) >= 11 is 1.84. The van der Waals surface area contributed by atoms with Crippen molar-refractivity contribution in [2.75, 3.05) is 39.8 Å². The highest BCUT2D eigenvalue weighted by Crippen LogP contribution is 2.27. The van der Waals surface area contributed by atoms with Crippen LogP contribution in [0.2, 0.25) is 0 Å². The van der Waals surface area contributed by atoms with E-state index < -0.39 is 0 Å². The third-order valence-electron chi connectivity index (χ3n) is 5.93. The van der Waals surface area contributed by atoms with Gasteiger partial charge in [0.15, 0.2) is 5.96 Å². The topological polar surface area (TPSA) is 60.0 Å². The summed E-state index contributed by atoms with van der Waals surface area (Å²) in [7, 11) is 1.83. The lowest BCUT2D eigenvalue weighted by Gasteiger charge is -2.28. The van der Waals surface area contributed by atoms with Crippen LogP contribution in [0, 0.1) is 0 Å². The van der Waals surface area contributed by atoms with Gasteiger partial charge in [-0.15, -0.1) is 11.3 Å². The summed E-state index contributed by atoms with van der Waals surface area (Å²) in [6.07, 6.45) is 6.28. The fraction of sp³-hybridized carbons (Fsp3) is 0.714. The Morgan fingerprint density at radius 1 is 1.25 bits per heavy atom. The highest BCUT2D eigenvalue weighted by Gasteiger charge is 2.27. The molecular weight excluding hydrogens is 370 g/mol. The molecule has 1 aromatic heterocycles. The summed E-state index contributed by atoms with van der Waals surface area (Å²) in [4.78, 5) is 22.5. The quantitative estimate of drug-likeness (QED) is 0.490. The molecule has 2 fully saturated rings. The van der Waals surface area contributed by atoms with Crippen LogP contribution in [0.15, 0.2) is 22.5 Å². The highest BCUT2D eigenvalue weighted by atomic mass is 32.1. The Balaban J connectivity index is 1.47. The number of nitrogens with one attached hydrogen (secondary N) is 2. The summed E-state index contributed by atoms with van der Waals surface area (Å²) in [6.45, 7) is 7.14. The van der Waals surface area contributed by atoms with Gasteiger partial charge in [0, 0.05) is 44.0 Å². The van der Waals surface area contributed by atoms with Crippen LogP contribution in [-0.4, -0.2) is 67.5 Å². The average molecular weight is 406 g/mol. The maximum absolute atomic E-state index is 12.0. The van der Waals surface area contributed by atoms with E-state index in [0.29, 0.717) is 24.4 Å². The summed E-state index contributed by atoms with van der Waals surface area (Å²) in [5.41, 5.74) is 0. The van der Waals surface area contributed by atoms with Gasteiger partial charge < -0.3 is 15.5 Å². The van der Waals surface area contributed by atoms with E-state index in [1.807, 2.05) is 18.4 Å². The van der Waals surface area contributed by atoms with Gasteiger partial charge in [-0.25, -0.2) is 0 Å². The zero-order valence-corrected chi connectivity index (χ0v) is 18.1. The molecule has 6 nitrogen and oxygen atoms in total. The van der Waals surface area contributed by atoms with Crippen LogP contribution in [0.25, 0.3) is 0 Å². The predicted molar refractivity (Wildman–Crippen MR) is 117 cm³/mol. The van der Waals surface area contributed by atoms with Gasteiger partial charge in [0.1, 0.15) is 0 Å². The van der Waals surface area contributed by atoms with Crippen molar-refractivity contribution in [3.05, 3.63) is 22.4 Å². The molecule has 0 radical (unpaired) electrons. The minimum Gasteiger partial charge on any atom is -0.356 e. The molecule has 1 amide bonds. The first-order chi connectivity index (χ1) is 13.7. The van der Waals surface area contributed by atoms with Crippen molar-refractivity contribution < 1.29 is 4.79 Å². The number of rotatable bonds is 9. The minimum atomic E-state index is 0.318. The zero-order valence-electron chi connectivity index (χ0n) is 17.3. The molecule has 2 aliphatic heterocycles. The second-order valence-electron chi connectivity index (χ2n) is 7.70. The van der Waals surface area contributed by atoms with Crippen molar-refractivity contribution in [2.45, 2.75) is 57.5 Å². The number of hydrogen-bond donors (Lipinski definition) is 2. The van der Waals surface area contributed by atoms with E-state index >= 15 is 0 Å². The fourth-order valence-electron chi connectivity index (χ4n) is 4.35.